The summed E-state index contributed by atoms with van der Waals surface area (Å²) in [6, 6.07) is 13.6. The molecule has 1 heterocycles. The molecule has 0 atom stereocenters. The molecule has 1 aromatic heterocycles. The van der Waals surface area contributed by atoms with Gasteiger partial charge in [0.25, 0.3) is 0 Å². The molecule has 2 aromatic rings. The molecular weight excluding hydrogens is 302 g/mol. The molecule has 0 aliphatic rings. The van der Waals surface area contributed by atoms with Gasteiger partial charge in [0.05, 0.1) is 12.2 Å². The average molecular weight is 327 g/mol. The fraction of sp³-hybridized carbons (Fsp3) is 0.368. The highest BCUT2D eigenvalue weighted by atomic mass is 16.6. The van der Waals surface area contributed by atoms with E-state index in [0.29, 0.717) is 19.6 Å². The van der Waals surface area contributed by atoms with Crippen LogP contribution in [-0.2, 0) is 24.4 Å². The summed E-state index contributed by atoms with van der Waals surface area (Å²) in [5.41, 5.74) is 8.00. The third-order valence-electron chi connectivity index (χ3n) is 3.36. The normalized spacial score (nSPS) is 11.2. The summed E-state index contributed by atoms with van der Waals surface area (Å²) in [4.78, 5) is 18.5. The predicted octanol–water partition coefficient (Wildman–Crippen LogP) is 3.48. The molecule has 0 bridgehead atoms. The van der Waals surface area contributed by atoms with E-state index in [9.17, 15) is 4.79 Å². The lowest BCUT2D eigenvalue weighted by atomic mass is 10.1. The van der Waals surface area contributed by atoms with E-state index >= 15 is 0 Å². The summed E-state index contributed by atoms with van der Waals surface area (Å²) in [5.74, 6) is 0. The van der Waals surface area contributed by atoms with Gasteiger partial charge in [0.2, 0.25) is 0 Å². The van der Waals surface area contributed by atoms with Gasteiger partial charge in [0.15, 0.2) is 0 Å². The first-order valence-electron chi connectivity index (χ1n) is 8.03. The Labute approximate surface area is 143 Å². The second-order valence-electron chi connectivity index (χ2n) is 6.68. The maximum absolute atomic E-state index is 12.5. The molecule has 0 saturated carbocycles. The lowest BCUT2D eigenvalue weighted by molar-refractivity contribution is 0.0214. The van der Waals surface area contributed by atoms with E-state index in [0.717, 1.165) is 16.8 Å². The number of rotatable bonds is 5. The molecule has 24 heavy (non-hydrogen) atoms. The number of hydrogen-bond donors (Lipinski definition) is 1. The van der Waals surface area contributed by atoms with E-state index in [1.807, 2.05) is 63.2 Å². The summed E-state index contributed by atoms with van der Waals surface area (Å²) in [5, 5.41) is 0. The lowest BCUT2D eigenvalue weighted by Gasteiger charge is -2.27. The Bertz CT molecular complexity index is 649. The van der Waals surface area contributed by atoms with Crippen molar-refractivity contribution >= 4 is 6.09 Å². The van der Waals surface area contributed by atoms with Gasteiger partial charge in [-0.2, -0.15) is 0 Å². The minimum atomic E-state index is -0.539. The van der Waals surface area contributed by atoms with Crippen molar-refractivity contribution in [2.75, 3.05) is 0 Å². The number of ether oxygens (including phenoxy) is 1. The largest absolute Gasteiger partial charge is 0.444 e. The van der Waals surface area contributed by atoms with Crippen molar-refractivity contribution in [1.29, 1.82) is 0 Å². The van der Waals surface area contributed by atoms with Gasteiger partial charge in [-0.15, -0.1) is 0 Å². The standard InChI is InChI=1S/C19H25N3O2/c1-19(2,3)24-18(23)22(14-17-6-4-5-11-21-17)13-16-9-7-15(12-20)8-10-16/h4-11H,12-14,20H2,1-3H3. The Morgan fingerprint density at radius 3 is 2.29 bits per heavy atom. The fourth-order valence-electron chi connectivity index (χ4n) is 2.20. The van der Waals surface area contributed by atoms with Crippen molar-refractivity contribution in [3.05, 3.63) is 65.5 Å². The highest BCUT2D eigenvalue weighted by Crippen LogP contribution is 2.15. The maximum atomic E-state index is 12.5. The monoisotopic (exact) mass is 327 g/mol. The molecular formula is C19H25N3O2. The molecule has 2 rings (SSSR count). The fourth-order valence-corrected chi connectivity index (χ4v) is 2.20. The molecule has 5 nitrogen and oxygen atoms in total. The Hall–Kier alpha value is -2.40. The lowest BCUT2D eigenvalue weighted by Crippen LogP contribution is -2.36. The summed E-state index contributed by atoms with van der Waals surface area (Å²) in [7, 11) is 0. The molecule has 5 heteroatoms. The number of benzene rings is 1. The van der Waals surface area contributed by atoms with Crippen molar-refractivity contribution in [3.63, 3.8) is 0 Å². The van der Waals surface area contributed by atoms with Gasteiger partial charge in [0.1, 0.15) is 5.60 Å². The van der Waals surface area contributed by atoms with Crippen LogP contribution < -0.4 is 5.73 Å². The molecule has 2 N–H and O–H groups in total. The first-order chi connectivity index (χ1) is 11.4. The molecule has 0 radical (unpaired) electrons. The van der Waals surface area contributed by atoms with Crippen LogP contribution in [0.25, 0.3) is 0 Å². The van der Waals surface area contributed by atoms with Crippen LogP contribution in [0.15, 0.2) is 48.7 Å². The highest BCUT2D eigenvalue weighted by molar-refractivity contribution is 5.68. The number of nitrogens with zero attached hydrogens (tertiary/aromatic N) is 2. The van der Waals surface area contributed by atoms with Gasteiger partial charge in [-0.25, -0.2) is 4.79 Å². The molecule has 0 unspecified atom stereocenters. The van der Waals surface area contributed by atoms with Crippen molar-refractivity contribution in [2.45, 2.75) is 46.0 Å². The first-order valence-corrected chi connectivity index (χ1v) is 8.03. The number of nitrogens with two attached hydrogens (primary N) is 1. The third-order valence-corrected chi connectivity index (χ3v) is 3.36. The van der Waals surface area contributed by atoms with Gasteiger partial charge < -0.3 is 10.5 Å². The quantitative estimate of drug-likeness (QED) is 0.913. The summed E-state index contributed by atoms with van der Waals surface area (Å²) in [6.07, 6.45) is 1.37. The second kappa shape index (κ2) is 7.93. The average Bonchev–Trinajstić information content (AvgIpc) is 2.54. The van der Waals surface area contributed by atoms with Gasteiger partial charge in [-0.3, -0.25) is 9.88 Å². The summed E-state index contributed by atoms with van der Waals surface area (Å²) < 4.78 is 5.53. The number of carbonyl (C=O) groups excluding carboxylic acids is 1. The second-order valence-corrected chi connectivity index (χ2v) is 6.68. The Kier molecular flexibility index (Phi) is 5.93. The molecule has 0 spiro atoms. The number of hydrogen-bond acceptors (Lipinski definition) is 4. The van der Waals surface area contributed by atoms with E-state index in [2.05, 4.69) is 4.98 Å². The van der Waals surface area contributed by atoms with Crippen molar-refractivity contribution < 1.29 is 9.53 Å². The Morgan fingerprint density at radius 1 is 1.08 bits per heavy atom. The van der Waals surface area contributed by atoms with E-state index < -0.39 is 5.60 Å². The van der Waals surface area contributed by atoms with Crippen LogP contribution in [0.3, 0.4) is 0 Å². The summed E-state index contributed by atoms with van der Waals surface area (Å²) >= 11 is 0. The van der Waals surface area contributed by atoms with Gasteiger partial charge in [0, 0.05) is 19.3 Å². The van der Waals surface area contributed by atoms with Crippen LogP contribution in [0.4, 0.5) is 4.79 Å². The van der Waals surface area contributed by atoms with Crippen molar-refractivity contribution in [1.82, 2.24) is 9.88 Å². The zero-order valence-corrected chi connectivity index (χ0v) is 14.5. The smallest absolute Gasteiger partial charge is 0.410 e. The summed E-state index contributed by atoms with van der Waals surface area (Å²) in [6.45, 7) is 6.94. The van der Waals surface area contributed by atoms with Crippen LogP contribution in [0, 0.1) is 0 Å². The molecule has 1 aromatic carbocycles. The molecule has 0 aliphatic heterocycles. The molecule has 1 amide bonds. The minimum Gasteiger partial charge on any atom is -0.444 e. The van der Waals surface area contributed by atoms with Crippen molar-refractivity contribution in [2.24, 2.45) is 5.73 Å². The van der Waals surface area contributed by atoms with E-state index in [1.54, 1.807) is 11.1 Å². The minimum absolute atomic E-state index is 0.351. The zero-order chi connectivity index (χ0) is 17.6. The molecule has 0 aliphatic carbocycles. The number of carbonyl (C=O) groups is 1. The van der Waals surface area contributed by atoms with E-state index in [1.165, 1.54) is 0 Å². The van der Waals surface area contributed by atoms with Gasteiger partial charge >= 0.3 is 6.09 Å². The topological polar surface area (TPSA) is 68.5 Å². The number of aromatic nitrogens is 1. The van der Waals surface area contributed by atoms with Gasteiger partial charge in [-0.05, 0) is 44.0 Å². The predicted molar refractivity (Wildman–Crippen MR) is 94.1 cm³/mol. The van der Waals surface area contributed by atoms with Crippen LogP contribution >= 0.6 is 0 Å². The van der Waals surface area contributed by atoms with E-state index in [-0.39, 0.29) is 6.09 Å². The van der Waals surface area contributed by atoms with Crippen LogP contribution in [0.1, 0.15) is 37.6 Å². The molecule has 0 fully saturated rings. The number of amides is 1. The van der Waals surface area contributed by atoms with Crippen molar-refractivity contribution in [3.8, 4) is 0 Å². The molecule has 128 valence electrons. The van der Waals surface area contributed by atoms with E-state index in [4.69, 9.17) is 10.5 Å². The third kappa shape index (κ3) is 5.66. The number of pyridine rings is 1. The first kappa shape index (κ1) is 17.9. The van der Waals surface area contributed by atoms with Crippen LogP contribution in [0.5, 0.6) is 0 Å². The van der Waals surface area contributed by atoms with Crippen LogP contribution in [0.2, 0.25) is 0 Å². The Morgan fingerprint density at radius 2 is 1.75 bits per heavy atom. The SMILES string of the molecule is CC(C)(C)OC(=O)N(Cc1ccc(CN)cc1)Cc1ccccn1. The molecule has 0 saturated heterocycles. The van der Waals surface area contributed by atoms with Gasteiger partial charge in [-0.1, -0.05) is 30.3 Å². The van der Waals surface area contributed by atoms with Crippen LogP contribution in [-0.4, -0.2) is 21.6 Å². The Balaban J connectivity index is 2.16. The zero-order valence-electron chi connectivity index (χ0n) is 14.5. The maximum Gasteiger partial charge on any atom is 0.410 e. The highest BCUT2D eigenvalue weighted by Gasteiger charge is 2.22.